The van der Waals surface area contributed by atoms with Gasteiger partial charge in [0, 0.05) is 12.6 Å². The Bertz CT molecular complexity index is 1050. The minimum atomic E-state index is -3.89. The standard InChI is InChI=1S/C17H16FN3O4S/c1-10-6-12(18)8-13-16(10)26(23,24)20-17(13)21(2)19-9-11-4-5-14(22)15(7-11)25-3/h4-9,22H,1-3H3. The highest BCUT2D eigenvalue weighted by atomic mass is 32.2. The van der Waals surface area contributed by atoms with Gasteiger partial charge in [-0.25, -0.2) is 9.40 Å². The van der Waals surface area contributed by atoms with Crippen molar-refractivity contribution in [2.75, 3.05) is 14.2 Å². The van der Waals surface area contributed by atoms with Gasteiger partial charge < -0.3 is 9.84 Å². The molecule has 0 aliphatic carbocycles. The fourth-order valence-electron chi connectivity index (χ4n) is 2.66. The first-order valence-corrected chi connectivity index (χ1v) is 8.97. The second-order valence-corrected chi connectivity index (χ2v) is 7.23. The molecule has 1 N–H and O–H groups in total. The van der Waals surface area contributed by atoms with Crippen LogP contribution in [0.5, 0.6) is 11.5 Å². The molecule has 3 rings (SSSR count). The summed E-state index contributed by atoms with van der Waals surface area (Å²) in [7, 11) is -0.957. The lowest BCUT2D eigenvalue weighted by molar-refractivity contribution is 0.373. The quantitative estimate of drug-likeness (QED) is 0.654. The minimum absolute atomic E-state index is 0.0101. The van der Waals surface area contributed by atoms with Crippen molar-refractivity contribution in [3.8, 4) is 11.5 Å². The van der Waals surface area contributed by atoms with Crippen LogP contribution in [0, 0.1) is 12.7 Å². The smallest absolute Gasteiger partial charge is 0.285 e. The van der Waals surface area contributed by atoms with Crippen molar-refractivity contribution in [1.82, 2.24) is 5.01 Å². The zero-order chi connectivity index (χ0) is 19.1. The van der Waals surface area contributed by atoms with Crippen molar-refractivity contribution in [2.45, 2.75) is 11.8 Å². The highest BCUT2D eigenvalue weighted by Crippen LogP contribution is 2.31. The SMILES string of the molecule is COc1cc(C=NN(C)C2=NS(=O)(=O)c3c(C)cc(F)cc32)ccc1O. The van der Waals surface area contributed by atoms with Gasteiger partial charge >= 0.3 is 0 Å². The summed E-state index contributed by atoms with van der Waals surface area (Å²) in [5.41, 5.74) is 1.08. The molecule has 0 atom stereocenters. The molecule has 0 unspecified atom stereocenters. The van der Waals surface area contributed by atoms with Crippen LogP contribution in [-0.4, -0.2) is 44.7 Å². The molecule has 2 aromatic carbocycles. The molecule has 0 spiro atoms. The number of ether oxygens (including phenoxy) is 1. The minimum Gasteiger partial charge on any atom is -0.504 e. The van der Waals surface area contributed by atoms with E-state index in [2.05, 4.69) is 9.50 Å². The maximum absolute atomic E-state index is 13.7. The van der Waals surface area contributed by atoms with Crippen molar-refractivity contribution < 1.29 is 22.7 Å². The molecule has 0 bridgehead atoms. The maximum Gasteiger partial charge on any atom is 0.285 e. The number of hydrogen-bond acceptors (Lipinski definition) is 6. The van der Waals surface area contributed by atoms with E-state index < -0.39 is 15.8 Å². The van der Waals surface area contributed by atoms with Crippen LogP contribution in [-0.2, 0) is 10.0 Å². The Morgan fingerprint density at radius 1 is 1.31 bits per heavy atom. The molecule has 0 saturated heterocycles. The first-order valence-electron chi connectivity index (χ1n) is 7.53. The Morgan fingerprint density at radius 2 is 2.04 bits per heavy atom. The highest BCUT2D eigenvalue weighted by Gasteiger charge is 2.33. The summed E-state index contributed by atoms with van der Waals surface area (Å²) in [6.07, 6.45) is 1.45. The van der Waals surface area contributed by atoms with E-state index in [0.717, 1.165) is 12.1 Å². The molecule has 9 heteroatoms. The predicted molar refractivity (Wildman–Crippen MR) is 94.9 cm³/mol. The van der Waals surface area contributed by atoms with E-state index in [1.54, 1.807) is 12.1 Å². The first-order chi connectivity index (χ1) is 12.2. The van der Waals surface area contributed by atoms with E-state index in [0.29, 0.717) is 11.1 Å². The Hall–Kier alpha value is -2.94. The average molecular weight is 377 g/mol. The zero-order valence-electron chi connectivity index (χ0n) is 14.3. The van der Waals surface area contributed by atoms with Gasteiger partial charge in [0.15, 0.2) is 17.3 Å². The van der Waals surface area contributed by atoms with Gasteiger partial charge in [-0.3, -0.25) is 0 Å². The summed E-state index contributed by atoms with van der Waals surface area (Å²) in [5.74, 6) is -0.249. The summed E-state index contributed by atoms with van der Waals surface area (Å²) in [6, 6.07) is 6.91. The topological polar surface area (TPSA) is 91.6 Å². The third kappa shape index (κ3) is 3.13. The number of halogens is 1. The molecule has 7 nitrogen and oxygen atoms in total. The number of nitrogens with zero attached hydrogens (tertiary/aromatic N) is 3. The van der Waals surface area contributed by atoms with Crippen LogP contribution in [0.2, 0.25) is 0 Å². The van der Waals surface area contributed by atoms with E-state index in [4.69, 9.17) is 4.74 Å². The number of aryl methyl sites for hydroxylation is 1. The molecule has 26 heavy (non-hydrogen) atoms. The van der Waals surface area contributed by atoms with Crippen LogP contribution in [0.3, 0.4) is 0 Å². The highest BCUT2D eigenvalue weighted by molar-refractivity contribution is 7.90. The molecule has 1 aliphatic heterocycles. The van der Waals surface area contributed by atoms with E-state index in [1.807, 2.05) is 0 Å². The average Bonchev–Trinajstić information content (AvgIpc) is 2.84. The lowest BCUT2D eigenvalue weighted by Gasteiger charge is -2.13. The fraction of sp³-hybridized carbons (Fsp3) is 0.176. The number of hydrazone groups is 1. The Kier molecular flexibility index (Phi) is 4.41. The summed E-state index contributed by atoms with van der Waals surface area (Å²) in [6.45, 7) is 1.52. The van der Waals surface area contributed by atoms with Gasteiger partial charge in [-0.2, -0.15) is 13.5 Å². The largest absolute Gasteiger partial charge is 0.504 e. The number of aromatic hydroxyl groups is 1. The molecule has 1 aliphatic rings. The molecule has 2 aromatic rings. The molecule has 0 fully saturated rings. The molecular weight excluding hydrogens is 361 g/mol. The van der Waals surface area contributed by atoms with Gasteiger partial charge in [-0.05, 0) is 48.4 Å². The Balaban J connectivity index is 1.96. The second-order valence-electron chi connectivity index (χ2n) is 5.69. The van der Waals surface area contributed by atoms with E-state index in [-0.39, 0.29) is 27.8 Å². The summed E-state index contributed by atoms with van der Waals surface area (Å²) >= 11 is 0. The van der Waals surface area contributed by atoms with Gasteiger partial charge in [-0.1, -0.05) is 0 Å². The number of sulfonamides is 1. The van der Waals surface area contributed by atoms with Crippen molar-refractivity contribution in [2.24, 2.45) is 9.50 Å². The van der Waals surface area contributed by atoms with Crippen LogP contribution in [0.25, 0.3) is 0 Å². The second kappa shape index (κ2) is 6.41. The number of fused-ring (bicyclic) bond motifs is 1. The molecule has 0 aromatic heterocycles. The summed E-state index contributed by atoms with van der Waals surface area (Å²) in [4.78, 5) is -0.0118. The number of amidine groups is 1. The number of phenols is 1. The first kappa shape index (κ1) is 17.9. The van der Waals surface area contributed by atoms with Crippen LogP contribution in [0.1, 0.15) is 16.7 Å². The molecule has 0 amide bonds. The molecule has 136 valence electrons. The number of benzene rings is 2. The van der Waals surface area contributed by atoms with Gasteiger partial charge in [0.1, 0.15) is 10.7 Å². The fourth-order valence-corrected chi connectivity index (χ4v) is 4.09. The maximum atomic E-state index is 13.7. The van der Waals surface area contributed by atoms with Crippen molar-refractivity contribution in [1.29, 1.82) is 0 Å². The van der Waals surface area contributed by atoms with E-state index in [9.17, 15) is 17.9 Å². The lowest BCUT2D eigenvalue weighted by atomic mass is 10.1. The van der Waals surface area contributed by atoms with Crippen LogP contribution in [0.15, 0.2) is 44.7 Å². The molecule has 0 saturated carbocycles. The predicted octanol–water partition coefficient (Wildman–Crippen LogP) is 2.26. The van der Waals surface area contributed by atoms with E-state index in [1.165, 1.54) is 38.4 Å². The normalized spacial score (nSPS) is 15.0. The Labute approximate surface area is 150 Å². The van der Waals surface area contributed by atoms with Gasteiger partial charge in [0.25, 0.3) is 10.0 Å². The molecular formula is C17H16FN3O4S. The molecule has 0 radical (unpaired) electrons. The third-order valence-corrected chi connectivity index (χ3v) is 5.31. The van der Waals surface area contributed by atoms with Crippen LogP contribution in [0.4, 0.5) is 4.39 Å². The lowest BCUT2D eigenvalue weighted by Crippen LogP contribution is -2.21. The zero-order valence-corrected chi connectivity index (χ0v) is 15.1. The van der Waals surface area contributed by atoms with Crippen molar-refractivity contribution in [3.05, 3.63) is 52.8 Å². The van der Waals surface area contributed by atoms with Crippen LogP contribution < -0.4 is 4.74 Å². The number of phenolic OH excluding ortho intramolecular Hbond substituents is 1. The number of methoxy groups -OCH3 is 1. The van der Waals surface area contributed by atoms with E-state index >= 15 is 0 Å². The van der Waals surface area contributed by atoms with Gasteiger partial charge in [-0.15, -0.1) is 4.40 Å². The summed E-state index contributed by atoms with van der Waals surface area (Å²) < 4.78 is 47.0. The van der Waals surface area contributed by atoms with Crippen LogP contribution >= 0.6 is 0 Å². The van der Waals surface area contributed by atoms with Crippen molar-refractivity contribution >= 4 is 22.1 Å². The Morgan fingerprint density at radius 3 is 2.73 bits per heavy atom. The number of rotatable bonds is 3. The van der Waals surface area contributed by atoms with Gasteiger partial charge in [0.05, 0.1) is 13.3 Å². The summed E-state index contributed by atoms with van der Waals surface area (Å²) in [5, 5.41) is 15.0. The van der Waals surface area contributed by atoms with Gasteiger partial charge in [0.2, 0.25) is 0 Å². The molecule has 1 heterocycles. The monoisotopic (exact) mass is 377 g/mol. The number of hydrogen-bond donors (Lipinski definition) is 1. The van der Waals surface area contributed by atoms with Crippen molar-refractivity contribution in [3.63, 3.8) is 0 Å². The third-order valence-electron chi connectivity index (χ3n) is 3.84.